The number of aromatic nitrogens is 1. The van der Waals surface area contributed by atoms with E-state index in [9.17, 15) is 5.26 Å². The van der Waals surface area contributed by atoms with Crippen LogP contribution in [0.2, 0.25) is 0 Å². The Morgan fingerprint density at radius 3 is 2.78 bits per heavy atom. The quantitative estimate of drug-likeness (QED) is 0.782. The molecular weight excluding hydrogens is 286 g/mol. The second-order valence-corrected chi connectivity index (χ2v) is 6.89. The number of likely N-dealkylation sites (N-methyl/N-ethyl adjacent to an activating group) is 1. The summed E-state index contributed by atoms with van der Waals surface area (Å²) in [5, 5.41) is 13.0. The van der Waals surface area contributed by atoms with Gasteiger partial charge in [-0.2, -0.15) is 5.26 Å². The number of nitrogen functional groups attached to an aromatic ring is 1. The van der Waals surface area contributed by atoms with E-state index in [1.807, 2.05) is 0 Å². The number of nitrogens with zero attached hydrogens (tertiary/aromatic N) is 3. The van der Waals surface area contributed by atoms with Crippen LogP contribution in [-0.2, 0) is 11.8 Å². The number of benzene rings is 1. The zero-order chi connectivity index (χ0) is 16.4. The van der Waals surface area contributed by atoms with Crippen molar-refractivity contribution < 1.29 is 0 Å². The Hall–Kier alpha value is -2.74. The maximum Gasteiger partial charge on any atom is 0.128 e. The van der Waals surface area contributed by atoms with Crippen molar-refractivity contribution in [2.45, 2.75) is 31.3 Å². The molecular formula is C18H19N5. The molecule has 23 heavy (non-hydrogen) atoms. The summed E-state index contributed by atoms with van der Waals surface area (Å²) < 4.78 is 0. The average molecular weight is 305 g/mol. The Balaban J connectivity index is 1.93. The highest BCUT2D eigenvalue weighted by atomic mass is 15.4. The molecule has 0 radical (unpaired) electrons. The zero-order valence-electron chi connectivity index (χ0n) is 13.5. The van der Waals surface area contributed by atoms with Gasteiger partial charge in [0.2, 0.25) is 0 Å². The summed E-state index contributed by atoms with van der Waals surface area (Å²) in [7, 11) is 2.10. The van der Waals surface area contributed by atoms with E-state index in [4.69, 9.17) is 5.73 Å². The molecule has 0 saturated carbocycles. The maximum atomic E-state index is 9.41. The number of nitrogens with one attached hydrogen (secondary N) is 1. The van der Waals surface area contributed by atoms with Crippen LogP contribution in [0.15, 0.2) is 30.5 Å². The molecule has 0 unspecified atom stereocenters. The van der Waals surface area contributed by atoms with Crippen LogP contribution in [0.1, 0.15) is 30.5 Å². The minimum atomic E-state index is -0.345. The number of rotatable bonds is 0. The van der Waals surface area contributed by atoms with Crippen molar-refractivity contribution in [2.75, 3.05) is 23.0 Å². The smallest absolute Gasteiger partial charge is 0.128 e. The summed E-state index contributed by atoms with van der Waals surface area (Å²) >= 11 is 0. The Labute approximate surface area is 135 Å². The molecule has 5 heteroatoms. The van der Waals surface area contributed by atoms with Gasteiger partial charge in [-0.3, -0.25) is 0 Å². The summed E-state index contributed by atoms with van der Waals surface area (Å²) in [6.07, 6.45) is 2.27. The van der Waals surface area contributed by atoms with Crippen LogP contribution in [0.3, 0.4) is 0 Å². The lowest BCUT2D eigenvalue weighted by molar-refractivity contribution is 0.316. The Bertz CT molecular complexity index is 864. The number of hydrogen-bond acceptors (Lipinski definition) is 5. The molecule has 0 fully saturated rings. The topological polar surface area (TPSA) is 78.0 Å². The molecule has 0 bridgehead atoms. The predicted octanol–water partition coefficient (Wildman–Crippen LogP) is 2.63. The Kier molecular flexibility index (Phi) is 2.52. The molecule has 0 aliphatic carbocycles. The highest BCUT2D eigenvalue weighted by molar-refractivity contribution is 5.79. The van der Waals surface area contributed by atoms with Gasteiger partial charge >= 0.3 is 0 Å². The van der Waals surface area contributed by atoms with Crippen molar-refractivity contribution in [1.29, 1.82) is 5.26 Å². The first-order chi connectivity index (χ1) is 10.9. The highest BCUT2D eigenvalue weighted by Crippen LogP contribution is 2.56. The molecule has 1 aromatic carbocycles. The van der Waals surface area contributed by atoms with Crippen LogP contribution in [0.25, 0.3) is 0 Å². The predicted molar refractivity (Wildman–Crippen MR) is 91.3 cm³/mol. The van der Waals surface area contributed by atoms with Gasteiger partial charge in [0.05, 0.1) is 11.3 Å². The van der Waals surface area contributed by atoms with E-state index < -0.39 is 0 Å². The summed E-state index contributed by atoms with van der Waals surface area (Å²) in [6, 6.07) is 10.7. The first-order valence-corrected chi connectivity index (χ1v) is 7.71. The molecule has 4 rings (SSSR count). The molecule has 0 saturated heterocycles. The number of para-hydroxylation sites is 1. The van der Waals surface area contributed by atoms with Crippen molar-refractivity contribution in [1.82, 2.24) is 4.98 Å². The number of hydrogen-bond donors (Lipinski definition) is 2. The Morgan fingerprint density at radius 1 is 1.35 bits per heavy atom. The van der Waals surface area contributed by atoms with Gasteiger partial charge in [0.1, 0.15) is 17.5 Å². The number of nitriles is 1. The summed E-state index contributed by atoms with van der Waals surface area (Å²) in [5.74, 6) is 0.503. The van der Waals surface area contributed by atoms with Crippen molar-refractivity contribution >= 4 is 17.2 Å². The molecule has 5 nitrogen and oxygen atoms in total. The van der Waals surface area contributed by atoms with Gasteiger partial charge in [-0.25, -0.2) is 4.98 Å². The minimum Gasteiger partial charge on any atom is -0.383 e. The maximum absolute atomic E-state index is 9.41. The largest absolute Gasteiger partial charge is 0.383 e. The third-order valence-electron chi connectivity index (χ3n) is 5.64. The Morgan fingerprint density at radius 2 is 2.09 bits per heavy atom. The van der Waals surface area contributed by atoms with Crippen LogP contribution < -0.4 is 16.0 Å². The first-order valence-electron chi connectivity index (χ1n) is 7.71. The molecule has 3 N–H and O–H groups in total. The van der Waals surface area contributed by atoms with E-state index in [0.717, 1.165) is 17.7 Å². The first kappa shape index (κ1) is 13.9. The van der Waals surface area contributed by atoms with Crippen molar-refractivity contribution in [3.8, 4) is 6.07 Å². The van der Waals surface area contributed by atoms with Gasteiger partial charge < -0.3 is 16.0 Å². The van der Waals surface area contributed by atoms with E-state index in [0.29, 0.717) is 11.4 Å². The standard InChI is InChI=1S/C18H19N5/c1-17(2)13-6-4-5-7-14(13)23(3)18(17)8-12-15(22-18)11(9-19)10-21-16(12)20/h4-7,10,22H,8H2,1-3H3,(H2,20,21)/t18-/m1/s1. The minimum absolute atomic E-state index is 0.142. The van der Waals surface area contributed by atoms with Gasteiger partial charge in [0.15, 0.2) is 0 Å². The number of fused-ring (bicyclic) bond motifs is 2. The van der Waals surface area contributed by atoms with E-state index in [2.05, 4.69) is 66.4 Å². The average Bonchev–Trinajstić information content (AvgIpc) is 3.03. The van der Waals surface area contributed by atoms with Crippen LogP contribution in [0, 0.1) is 11.3 Å². The van der Waals surface area contributed by atoms with E-state index in [-0.39, 0.29) is 11.1 Å². The zero-order valence-corrected chi connectivity index (χ0v) is 13.5. The summed E-state index contributed by atoms with van der Waals surface area (Å²) in [5.41, 5.74) is 10.4. The third kappa shape index (κ3) is 1.48. The second-order valence-electron chi connectivity index (χ2n) is 6.89. The SMILES string of the molecule is CN1c2ccccc2C(C)(C)[C@@]12Cc1c(N)ncc(C#N)c1N2. The molecule has 2 aromatic rings. The highest BCUT2D eigenvalue weighted by Gasteiger charge is 2.58. The fraction of sp³-hybridized carbons (Fsp3) is 0.333. The molecule has 1 atom stereocenters. The lowest BCUT2D eigenvalue weighted by atomic mass is 9.74. The van der Waals surface area contributed by atoms with Crippen molar-refractivity contribution in [2.24, 2.45) is 0 Å². The van der Waals surface area contributed by atoms with E-state index in [1.165, 1.54) is 11.3 Å². The summed E-state index contributed by atoms with van der Waals surface area (Å²) in [4.78, 5) is 6.48. The third-order valence-corrected chi connectivity index (χ3v) is 5.64. The second kappa shape index (κ2) is 4.17. The lowest BCUT2D eigenvalue weighted by Gasteiger charge is -2.44. The van der Waals surface area contributed by atoms with Crippen LogP contribution in [-0.4, -0.2) is 17.7 Å². The van der Waals surface area contributed by atoms with Crippen molar-refractivity contribution in [3.05, 3.63) is 47.2 Å². The fourth-order valence-electron chi connectivity index (χ4n) is 4.20. The van der Waals surface area contributed by atoms with Gasteiger partial charge in [0, 0.05) is 36.3 Å². The normalized spacial score (nSPS) is 23.3. The molecule has 0 amide bonds. The fourth-order valence-corrected chi connectivity index (χ4v) is 4.20. The van der Waals surface area contributed by atoms with Gasteiger partial charge in [-0.15, -0.1) is 0 Å². The summed E-state index contributed by atoms with van der Waals surface area (Å²) in [6.45, 7) is 4.48. The number of pyridine rings is 1. The molecule has 2 aliphatic heterocycles. The monoisotopic (exact) mass is 305 g/mol. The van der Waals surface area contributed by atoms with E-state index >= 15 is 0 Å². The molecule has 1 spiro atoms. The van der Waals surface area contributed by atoms with Crippen LogP contribution in [0.5, 0.6) is 0 Å². The van der Waals surface area contributed by atoms with Gasteiger partial charge in [-0.05, 0) is 11.6 Å². The van der Waals surface area contributed by atoms with Gasteiger partial charge in [0.25, 0.3) is 0 Å². The van der Waals surface area contributed by atoms with Crippen LogP contribution >= 0.6 is 0 Å². The molecule has 116 valence electrons. The molecule has 1 aromatic heterocycles. The number of anilines is 3. The van der Waals surface area contributed by atoms with Crippen LogP contribution in [0.4, 0.5) is 17.2 Å². The van der Waals surface area contributed by atoms with Gasteiger partial charge in [-0.1, -0.05) is 32.0 Å². The van der Waals surface area contributed by atoms with Crippen molar-refractivity contribution in [3.63, 3.8) is 0 Å². The number of nitrogens with two attached hydrogens (primary N) is 1. The molecule has 2 aliphatic rings. The lowest BCUT2D eigenvalue weighted by Crippen LogP contribution is -2.59. The van der Waals surface area contributed by atoms with E-state index in [1.54, 1.807) is 6.20 Å². The molecule has 3 heterocycles.